The topological polar surface area (TPSA) is 129 Å². The molecule has 0 bridgehead atoms. The van der Waals surface area contributed by atoms with Crippen LogP contribution >= 0.6 is 0 Å². The molecule has 3 N–H and O–H groups in total. The van der Waals surface area contributed by atoms with Crippen molar-refractivity contribution in [1.82, 2.24) is 9.80 Å². The number of carboxylic acids is 1. The Bertz CT molecular complexity index is 1480. The van der Waals surface area contributed by atoms with Gasteiger partial charge >= 0.3 is 5.97 Å². The van der Waals surface area contributed by atoms with Gasteiger partial charge in [0.05, 0.1) is 36.0 Å². The maximum absolute atomic E-state index is 14.3. The minimum Gasteiger partial charge on any atom is -0.490 e. The summed E-state index contributed by atoms with van der Waals surface area (Å²) in [5.74, 6) is -1.22. The number of benzene rings is 3. The van der Waals surface area contributed by atoms with Crippen molar-refractivity contribution in [3.63, 3.8) is 0 Å². The molecule has 3 aromatic carbocycles. The number of aliphatic hydroxyl groups is 1. The molecule has 1 aliphatic rings. The number of carboxylic acid groups (broad SMARTS) is 1. The molecule has 0 fully saturated rings. The fraction of sp³-hybridized carbons (Fsp3) is 0.432. The molecule has 252 valence electrons. The standard InChI is InChI=1S/C37H47N3O7/c1-25-21-40(26(2)24-41)36(43)32-20-31(38-35(42)29-11-6-5-7-12-29)17-18-33(32)47-27(3)10-8-9-19-46-34(25)23-39(4)22-28-13-15-30(16-14-28)37(44)45/h5-7,11-18,20,25-27,34,41H,8-10,19,21-24H2,1-4H3,(H,38,42)(H,44,45)/t25-,26+,27-,34-/m1/s1. The molecule has 4 atom stereocenters. The monoisotopic (exact) mass is 645 g/mol. The average molecular weight is 646 g/mol. The third-order valence-electron chi connectivity index (χ3n) is 8.49. The van der Waals surface area contributed by atoms with Crippen LogP contribution in [0.2, 0.25) is 0 Å². The second-order valence-electron chi connectivity index (χ2n) is 12.5. The molecule has 0 unspecified atom stereocenters. The van der Waals surface area contributed by atoms with Crippen molar-refractivity contribution in [3.05, 3.63) is 95.1 Å². The van der Waals surface area contributed by atoms with Crippen LogP contribution in [0.1, 0.15) is 76.7 Å². The van der Waals surface area contributed by atoms with Gasteiger partial charge < -0.3 is 29.9 Å². The summed E-state index contributed by atoms with van der Waals surface area (Å²) in [6.07, 6.45) is 2.13. The van der Waals surface area contributed by atoms with Crippen LogP contribution in [0.25, 0.3) is 0 Å². The first kappa shape index (κ1) is 35.6. The van der Waals surface area contributed by atoms with Gasteiger partial charge in [0.15, 0.2) is 0 Å². The smallest absolute Gasteiger partial charge is 0.335 e. The third kappa shape index (κ3) is 10.1. The number of likely N-dealkylation sites (N-methyl/N-ethyl adjacent to an activating group) is 1. The van der Waals surface area contributed by atoms with Crippen LogP contribution in [0.4, 0.5) is 5.69 Å². The SMILES string of the molecule is C[C@@H]1CCCCO[C@H](CN(C)Cc2ccc(C(=O)O)cc2)[C@H](C)CN([C@@H](C)CO)C(=O)c2cc(NC(=O)c3ccccc3)ccc2O1. The van der Waals surface area contributed by atoms with Crippen LogP contribution in [-0.2, 0) is 11.3 Å². The summed E-state index contributed by atoms with van der Waals surface area (Å²) in [6, 6.07) is 20.3. The Kier molecular flexibility index (Phi) is 12.9. The molecule has 0 saturated carbocycles. The van der Waals surface area contributed by atoms with Crippen molar-refractivity contribution in [2.45, 2.75) is 64.8 Å². The minimum atomic E-state index is -0.959. The van der Waals surface area contributed by atoms with Gasteiger partial charge in [-0.05, 0) is 88.2 Å². The van der Waals surface area contributed by atoms with E-state index in [-0.39, 0.29) is 42.1 Å². The van der Waals surface area contributed by atoms with Gasteiger partial charge in [0, 0.05) is 43.4 Å². The van der Waals surface area contributed by atoms with Crippen LogP contribution in [0, 0.1) is 5.92 Å². The number of carbonyl (C=O) groups excluding carboxylic acids is 2. The highest BCUT2D eigenvalue weighted by Crippen LogP contribution is 2.29. The lowest BCUT2D eigenvalue weighted by atomic mass is 10.0. The molecule has 2 amide bonds. The molecule has 0 aliphatic carbocycles. The van der Waals surface area contributed by atoms with Gasteiger partial charge in [-0.3, -0.25) is 14.5 Å². The molecule has 0 radical (unpaired) electrons. The number of aromatic carboxylic acids is 1. The van der Waals surface area contributed by atoms with E-state index in [0.29, 0.717) is 48.8 Å². The lowest BCUT2D eigenvalue weighted by Crippen LogP contribution is -2.47. The van der Waals surface area contributed by atoms with Crippen LogP contribution in [0.15, 0.2) is 72.8 Å². The van der Waals surface area contributed by atoms with Crippen molar-refractivity contribution in [2.75, 3.05) is 38.7 Å². The van der Waals surface area contributed by atoms with Gasteiger partial charge in [0.2, 0.25) is 0 Å². The zero-order chi connectivity index (χ0) is 33.9. The molecular formula is C37H47N3O7. The molecule has 10 nitrogen and oxygen atoms in total. The van der Waals surface area contributed by atoms with Gasteiger partial charge in [-0.15, -0.1) is 0 Å². The lowest BCUT2D eigenvalue weighted by molar-refractivity contribution is -0.0177. The summed E-state index contributed by atoms with van der Waals surface area (Å²) in [5.41, 5.74) is 2.51. The van der Waals surface area contributed by atoms with Crippen molar-refractivity contribution in [2.24, 2.45) is 5.92 Å². The zero-order valence-corrected chi connectivity index (χ0v) is 27.7. The van der Waals surface area contributed by atoms with Crippen molar-refractivity contribution in [3.8, 4) is 5.75 Å². The van der Waals surface area contributed by atoms with Crippen LogP contribution in [-0.4, -0.2) is 89.4 Å². The summed E-state index contributed by atoms with van der Waals surface area (Å²) in [6.45, 7) is 7.67. The lowest BCUT2D eigenvalue weighted by Gasteiger charge is -2.36. The fourth-order valence-electron chi connectivity index (χ4n) is 5.69. The highest BCUT2D eigenvalue weighted by atomic mass is 16.5. The van der Waals surface area contributed by atoms with Gasteiger partial charge in [-0.1, -0.05) is 37.3 Å². The Hall–Kier alpha value is -4.25. The molecular weight excluding hydrogens is 598 g/mol. The number of rotatable bonds is 9. The second-order valence-corrected chi connectivity index (χ2v) is 12.5. The summed E-state index contributed by atoms with van der Waals surface area (Å²) < 4.78 is 12.7. The molecule has 1 heterocycles. The molecule has 0 spiro atoms. The Morgan fingerprint density at radius 3 is 2.43 bits per heavy atom. The highest BCUT2D eigenvalue weighted by Gasteiger charge is 2.30. The summed E-state index contributed by atoms with van der Waals surface area (Å²) >= 11 is 0. The second kappa shape index (κ2) is 17.1. The molecule has 3 aromatic rings. The number of aliphatic hydroxyl groups excluding tert-OH is 1. The Balaban J connectivity index is 1.59. The van der Waals surface area contributed by atoms with Crippen LogP contribution in [0.3, 0.4) is 0 Å². The molecule has 0 saturated heterocycles. The Labute approximate surface area is 277 Å². The molecule has 0 aromatic heterocycles. The predicted molar refractivity (Wildman–Crippen MR) is 181 cm³/mol. The van der Waals surface area contributed by atoms with E-state index in [1.807, 2.05) is 39.1 Å². The van der Waals surface area contributed by atoms with E-state index >= 15 is 0 Å². The quantitative estimate of drug-likeness (QED) is 0.276. The van der Waals surface area contributed by atoms with Gasteiger partial charge in [0.1, 0.15) is 5.75 Å². The van der Waals surface area contributed by atoms with E-state index in [1.165, 1.54) is 0 Å². The highest BCUT2D eigenvalue weighted by molar-refractivity contribution is 6.05. The molecule has 10 heteroatoms. The van der Waals surface area contributed by atoms with Gasteiger partial charge in [0.25, 0.3) is 11.8 Å². The number of nitrogens with zero attached hydrogens (tertiary/aromatic N) is 2. The number of anilines is 1. The minimum absolute atomic E-state index is 0.100. The van der Waals surface area contributed by atoms with Crippen LogP contribution in [0.5, 0.6) is 5.75 Å². The van der Waals surface area contributed by atoms with Crippen LogP contribution < -0.4 is 10.1 Å². The van der Waals surface area contributed by atoms with E-state index in [4.69, 9.17) is 9.47 Å². The first-order valence-electron chi connectivity index (χ1n) is 16.3. The predicted octanol–water partition coefficient (Wildman–Crippen LogP) is 5.56. The van der Waals surface area contributed by atoms with E-state index in [9.17, 15) is 24.6 Å². The molecule has 4 rings (SSSR count). The number of ether oxygens (including phenoxy) is 2. The number of carbonyl (C=O) groups is 3. The number of hydrogen-bond donors (Lipinski definition) is 3. The van der Waals surface area contributed by atoms with Crippen molar-refractivity contribution < 1.29 is 34.1 Å². The van der Waals surface area contributed by atoms with E-state index in [0.717, 1.165) is 24.8 Å². The van der Waals surface area contributed by atoms with Crippen molar-refractivity contribution in [1.29, 1.82) is 0 Å². The number of nitrogens with one attached hydrogen (secondary N) is 1. The van der Waals surface area contributed by atoms with Gasteiger partial charge in [-0.2, -0.15) is 0 Å². The molecule has 47 heavy (non-hydrogen) atoms. The van der Waals surface area contributed by atoms with E-state index in [1.54, 1.807) is 66.4 Å². The number of fused-ring (bicyclic) bond motifs is 1. The first-order valence-corrected chi connectivity index (χ1v) is 16.3. The average Bonchev–Trinajstić information content (AvgIpc) is 3.06. The summed E-state index contributed by atoms with van der Waals surface area (Å²) in [7, 11) is 1.99. The fourth-order valence-corrected chi connectivity index (χ4v) is 5.69. The molecule has 1 aliphatic heterocycles. The first-order chi connectivity index (χ1) is 22.5. The third-order valence-corrected chi connectivity index (χ3v) is 8.49. The van der Waals surface area contributed by atoms with E-state index < -0.39 is 12.0 Å². The van der Waals surface area contributed by atoms with E-state index in [2.05, 4.69) is 10.2 Å². The normalized spacial score (nSPS) is 20.1. The summed E-state index contributed by atoms with van der Waals surface area (Å²) in [4.78, 5) is 42.3. The van der Waals surface area contributed by atoms with Gasteiger partial charge in [-0.25, -0.2) is 4.79 Å². The van der Waals surface area contributed by atoms with Crippen molar-refractivity contribution >= 4 is 23.5 Å². The number of amides is 2. The zero-order valence-electron chi connectivity index (χ0n) is 27.7. The number of hydrogen-bond acceptors (Lipinski definition) is 7. The maximum atomic E-state index is 14.3. The maximum Gasteiger partial charge on any atom is 0.335 e. The Morgan fingerprint density at radius 1 is 1.02 bits per heavy atom. The largest absolute Gasteiger partial charge is 0.490 e. The Morgan fingerprint density at radius 2 is 1.74 bits per heavy atom. The summed E-state index contributed by atoms with van der Waals surface area (Å²) in [5, 5.41) is 22.4.